The van der Waals surface area contributed by atoms with E-state index in [0.29, 0.717) is 18.1 Å². The molecule has 140 valence electrons. The van der Waals surface area contributed by atoms with Crippen LogP contribution in [0.3, 0.4) is 0 Å². The lowest BCUT2D eigenvalue weighted by Gasteiger charge is -2.32. The van der Waals surface area contributed by atoms with Crippen molar-refractivity contribution >= 4 is 28.7 Å². The van der Waals surface area contributed by atoms with Gasteiger partial charge in [-0.2, -0.15) is 0 Å². The number of hydrogen-bond donors (Lipinski definition) is 2. The number of piperidine rings is 1. The van der Waals surface area contributed by atoms with Crippen molar-refractivity contribution in [3.8, 4) is 0 Å². The lowest BCUT2D eigenvalue weighted by molar-refractivity contribution is 0.447. The van der Waals surface area contributed by atoms with Crippen LogP contribution in [0.15, 0.2) is 46.6 Å². The lowest BCUT2D eigenvalue weighted by atomic mass is 10.00. The number of hydrogen-bond acceptors (Lipinski definition) is 6. The summed E-state index contributed by atoms with van der Waals surface area (Å²) in [7, 11) is 0. The molecule has 0 saturated carbocycles. The molecule has 3 heterocycles. The van der Waals surface area contributed by atoms with E-state index in [1.165, 1.54) is 18.5 Å². The van der Waals surface area contributed by atoms with Gasteiger partial charge in [0.25, 0.3) is 5.56 Å². The van der Waals surface area contributed by atoms with E-state index in [-0.39, 0.29) is 5.56 Å². The second-order valence-electron chi connectivity index (χ2n) is 7.07. The van der Waals surface area contributed by atoms with Crippen LogP contribution < -0.4 is 15.8 Å². The first kappa shape index (κ1) is 17.7. The normalized spacial score (nSPS) is 17.1. The van der Waals surface area contributed by atoms with Crippen LogP contribution in [0.4, 0.5) is 17.3 Å². The average Bonchev–Trinajstić information content (AvgIpc) is 3.18. The summed E-state index contributed by atoms with van der Waals surface area (Å²) in [5.41, 5.74) is 2.33. The molecular formula is C20H23N5OS. The van der Waals surface area contributed by atoms with Gasteiger partial charge in [-0.3, -0.25) is 9.78 Å². The molecule has 6 nitrogen and oxygen atoms in total. The van der Waals surface area contributed by atoms with Crippen LogP contribution in [0.1, 0.15) is 30.3 Å². The zero-order valence-electron chi connectivity index (χ0n) is 15.3. The lowest BCUT2D eigenvalue weighted by Crippen LogP contribution is -2.34. The number of aromatic nitrogens is 3. The fraction of sp³-hybridized carbons (Fsp3) is 0.350. The van der Waals surface area contributed by atoms with Gasteiger partial charge in [0.05, 0.1) is 0 Å². The summed E-state index contributed by atoms with van der Waals surface area (Å²) in [5.74, 6) is 1.10. The number of aromatic amines is 1. The Bertz CT molecular complexity index is 936. The molecule has 1 saturated heterocycles. The van der Waals surface area contributed by atoms with Crippen LogP contribution in [0.5, 0.6) is 0 Å². The van der Waals surface area contributed by atoms with Crippen LogP contribution in [-0.2, 0) is 6.42 Å². The number of anilines is 3. The molecule has 27 heavy (non-hydrogen) atoms. The van der Waals surface area contributed by atoms with Crippen molar-refractivity contribution in [3.63, 3.8) is 0 Å². The summed E-state index contributed by atoms with van der Waals surface area (Å²) in [6, 6.07) is 12.2. The molecule has 7 heteroatoms. The minimum atomic E-state index is -0.208. The zero-order chi connectivity index (χ0) is 18.6. The number of nitrogens with one attached hydrogen (secondary N) is 2. The Labute approximate surface area is 162 Å². The van der Waals surface area contributed by atoms with Gasteiger partial charge in [-0.05, 0) is 54.5 Å². The first-order valence-corrected chi connectivity index (χ1v) is 10.2. The molecule has 0 amide bonds. The van der Waals surface area contributed by atoms with E-state index in [1.54, 1.807) is 11.3 Å². The summed E-state index contributed by atoms with van der Waals surface area (Å²) < 4.78 is 0. The maximum atomic E-state index is 12.2. The van der Waals surface area contributed by atoms with Crippen molar-refractivity contribution in [3.05, 3.63) is 62.7 Å². The second-order valence-corrected chi connectivity index (χ2v) is 8.10. The molecule has 0 aliphatic carbocycles. The highest BCUT2D eigenvalue weighted by molar-refractivity contribution is 7.09. The largest absolute Gasteiger partial charge is 0.371 e. The number of thiophene rings is 1. The molecule has 1 atom stereocenters. The number of benzene rings is 1. The fourth-order valence-electron chi connectivity index (χ4n) is 3.43. The first-order chi connectivity index (χ1) is 13.2. The average molecular weight is 382 g/mol. The predicted molar refractivity (Wildman–Crippen MR) is 110 cm³/mol. The van der Waals surface area contributed by atoms with Crippen LogP contribution in [-0.4, -0.2) is 28.3 Å². The third kappa shape index (κ3) is 4.36. The van der Waals surface area contributed by atoms with Crippen LogP contribution in [0.25, 0.3) is 0 Å². The molecule has 1 fully saturated rings. The fourth-order valence-corrected chi connectivity index (χ4v) is 4.14. The Balaban J connectivity index is 1.43. The number of H-pyrrole nitrogens is 1. The molecule has 1 aliphatic rings. The van der Waals surface area contributed by atoms with Crippen molar-refractivity contribution in [2.24, 2.45) is 5.92 Å². The maximum Gasteiger partial charge on any atom is 0.274 e. The Hall–Kier alpha value is -2.67. The highest BCUT2D eigenvalue weighted by atomic mass is 32.1. The summed E-state index contributed by atoms with van der Waals surface area (Å²) >= 11 is 1.61. The quantitative estimate of drug-likeness (QED) is 0.703. The standard InChI is InChI=1S/C20H23N5OS/c1-14-4-2-10-25(13-14)16-8-6-15(7-9-16)21-20-22-19(26)18(23-24-20)12-17-5-3-11-27-17/h3,5-9,11,14H,2,4,10,12-13H2,1H3,(H2,21,22,24,26). The van der Waals surface area contributed by atoms with E-state index in [9.17, 15) is 4.79 Å². The van der Waals surface area contributed by atoms with Gasteiger partial charge in [-0.15, -0.1) is 21.5 Å². The summed E-state index contributed by atoms with van der Waals surface area (Å²) in [6.07, 6.45) is 3.06. The highest BCUT2D eigenvalue weighted by Gasteiger charge is 2.16. The Morgan fingerprint density at radius 1 is 1.26 bits per heavy atom. The van der Waals surface area contributed by atoms with Gasteiger partial charge in [0, 0.05) is 35.8 Å². The smallest absolute Gasteiger partial charge is 0.274 e. The van der Waals surface area contributed by atoms with E-state index in [4.69, 9.17) is 0 Å². The summed E-state index contributed by atoms with van der Waals surface area (Å²) in [4.78, 5) is 18.5. The predicted octanol–water partition coefficient (Wildman–Crippen LogP) is 3.80. The molecule has 1 aromatic carbocycles. The van der Waals surface area contributed by atoms with Gasteiger partial charge in [0.1, 0.15) is 5.69 Å². The molecule has 2 N–H and O–H groups in total. The summed E-state index contributed by atoms with van der Waals surface area (Å²) in [5, 5.41) is 13.3. The monoisotopic (exact) mass is 381 g/mol. The van der Waals surface area contributed by atoms with Crippen molar-refractivity contribution in [1.29, 1.82) is 0 Å². The van der Waals surface area contributed by atoms with Crippen molar-refractivity contribution in [2.45, 2.75) is 26.2 Å². The van der Waals surface area contributed by atoms with Crippen molar-refractivity contribution < 1.29 is 0 Å². The minimum absolute atomic E-state index is 0.208. The molecule has 0 spiro atoms. The topological polar surface area (TPSA) is 73.9 Å². The van der Waals surface area contributed by atoms with Crippen molar-refractivity contribution in [2.75, 3.05) is 23.3 Å². The molecule has 1 aliphatic heterocycles. The minimum Gasteiger partial charge on any atom is -0.371 e. The Morgan fingerprint density at radius 2 is 2.11 bits per heavy atom. The third-order valence-corrected chi connectivity index (χ3v) is 5.72. The van der Waals surface area contributed by atoms with E-state index < -0.39 is 0 Å². The third-order valence-electron chi connectivity index (χ3n) is 4.84. The van der Waals surface area contributed by atoms with E-state index in [0.717, 1.165) is 29.6 Å². The van der Waals surface area contributed by atoms with E-state index >= 15 is 0 Å². The molecule has 1 unspecified atom stereocenters. The van der Waals surface area contributed by atoms with Crippen molar-refractivity contribution in [1.82, 2.24) is 15.2 Å². The molecule has 4 rings (SSSR count). The molecular weight excluding hydrogens is 358 g/mol. The Kier molecular flexibility index (Phi) is 5.20. The maximum absolute atomic E-state index is 12.2. The van der Waals surface area contributed by atoms with Gasteiger partial charge in [-0.1, -0.05) is 13.0 Å². The summed E-state index contributed by atoms with van der Waals surface area (Å²) in [6.45, 7) is 4.53. The van der Waals surface area contributed by atoms with E-state index in [2.05, 4.69) is 44.5 Å². The van der Waals surface area contributed by atoms with Crippen LogP contribution >= 0.6 is 11.3 Å². The van der Waals surface area contributed by atoms with Gasteiger partial charge in [0.15, 0.2) is 0 Å². The number of rotatable bonds is 5. The van der Waals surface area contributed by atoms with Gasteiger partial charge < -0.3 is 10.2 Å². The number of nitrogens with zero attached hydrogens (tertiary/aromatic N) is 3. The zero-order valence-corrected chi connectivity index (χ0v) is 16.1. The van der Waals surface area contributed by atoms with E-state index in [1.807, 2.05) is 29.6 Å². The highest BCUT2D eigenvalue weighted by Crippen LogP contribution is 2.24. The van der Waals surface area contributed by atoms with Crippen LogP contribution in [0, 0.1) is 5.92 Å². The Morgan fingerprint density at radius 3 is 2.81 bits per heavy atom. The molecule has 2 aromatic heterocycles. The molecule has 0 radical (unpaired) electrons. The van der Waals surface area contributed by atoms with Gasteiger partial charge in [-0.25, -0.2) is 0 Å². The SMILES string of the molecule is CC1CCCN(c2ccc(Nc3nnc(Cc4cccs4)c(=O)[nH]3)cc2)C1. The van der Waals surface area contributed by atoms with Gasteiger partial charge >= 0.3 is 0 Å². The molecule has 0 bridgehead atoms. The van der Waals surface area contributed by atoms with Crippen LogP contribution in [0.2, 0.25) is 0 Å². The van der Waals surface area contributed by atoms with Gasteiger partial charge in [0.2, 0.25) is 5.95 Å². The second kappa shape index (κ2) is 7.92. The molecule has 3 aromatic rings. The first-order valence-electron chi connectivity index (χ1n) is 9.27.